The molecule has 2 aromatic carbocycles. The van der Waals surface area contributed by atoms with E-state index in [1.165, 1.54) is 0 Å². The lowest BCUT2D eigenvalue weighted by molar-refractivity contribution is 0.0322. The number of rotatable bonds is 10. The average Bonchev–Trinajstić information content (AvgIpc) is 2.81. The van der Waals surface area contributed by atoms with Gasteiger partial charge >= 0.3 is 0 Å². The third kappa shape index (κ3) is 8.84. The average molecular weight is 554 g/mol. The third-order valence-corrected chi connectivity index (χ3v) is 5.08. The van der Waals surface area contributed by atoms with E-state index in [-0.39, 0.29) is 24.0 Å². The molecule has 2 aromatic rings. The Morgan fingerprint density at radius 3 is 2.59 bits per heavy atom. The van der Waals surface area contributed by atoms with Gasteiger partial charge in [0.05, 0.1) is 19.8 Å². The van der Waals surface area contributed by atoms with Crippen LogP contribution < -0.4 is 20.1 Å². The summed E-state index contributed by atoms with van der Waals surface area (Å²) in [6.45, 7) is 9.13. The monoisotopic (exact) mass is 554 g/mol. The summed E-state index contributed by atoms with van der Waals surface area (Å²) in [6.07, 6.45) is 0. The fraction of sp³-hybridized carbons (Fsp3) is 0.458. The first-order valence-electron chi connectivity index (χ1n) is 11.0. The van der Waals surface area contributed by atoms with Crippen molar-refractivity contribution < 1.29 is 14.2 Å². The van der Waals surface area contributed by atoms with Gasteiger partial charge in [-0.3, -0.25) is 9.89 Å². The molecule has 0 aliphatic carbocycles. The second-order valence-corrected chi connectivity index (χ2v) is 7.27. The molecule has 1 saturated heterocycles. The van der Waals surface area contributed by atoms with Crippen molar-refractivity contribution in [3.63, 3.8) is 0 Å². The second kappa shape index (κ2) is 14.9. The Labute approximate surface area is 208 Å². The van der Waals surface area contributed by atoms with E-state index in [0.29, 0.717) is 26.3 Å². The standard InChI is InChI=1S/C24H34N4O3.HI/c1-3-30-23-10-5-4-8-21(23)19-27-24(25-2)26-18-20-7-6-9-22(17-20)31-16-13-28-11-14-29-15-12-28;/h4-10,17H,3,11-16,18-19H2,1-2H3,(H2,25,26,27);1H. The number of ether oxygens (including phenoxy) is 3. The zero-order valence-corrected chi connectivity index (χ0v) is 21.3. The van der Waals surface area contributed by atoms with Crippen molar-refractivity contribution in [2.24, 2.45) is 4.99 Å². The first-order chi connectivity index (χ1) is 15.3. The summed E-state index contributed by atoms with van der Waals surface area (Å²) in [7, 11) is 1.77. The van der Waals surface area contributed by atoms with E-state index in [0.717, 1.165) is 61.4 Å². The summed E-state index contributed by atoms with van der Waals surface area (Å²) in [5, 5.41) is 6.71. The largest absolute Gasteiger partial charge is 0.494 e. The van der Waals surface area contributed by atoms with Crippen LogP contribution in [-0.2, 0) is 17.8 Å². The molecular formula is C24H35IN4O3. The molecule has 0 bridgehead atoms. The Morgan fingerprint density at radius 2 is 1.81 bits per heavy atom. The van der Waals surface area contributed by atoms with Gasteiger partial charge in [-0.15, -0.1) is 24.0 Å². The van der Waals surface area contributed by atoms with Gasteiger partial charge in [-0.2, -0.15) is 0 Å². The molecule has 3 rings (SSSR count). The van der Waals surface area contributed by atoms with Crippen molar-refractivity contribution >= 4 is 29.9 Å². The number of guanidine groups is 1. The first-order valence-corrected chi connectivity index (χ1v) is 11.0. The molecule has 0 atom stereocenters. The summed E-state index contributed by atoms with van der Waals surface area (Å²) in [6, 6.07) is 16.2. The summed E-state index contributed by atoms with van der Waals surface area (Å²) in [4.78, 5) is 6.69. The number of nitrogens with one attached hydrogen (secondary N) is 2. The zero-order chi connectivity index (χ0) is 21.7. The molecule has 8 heteroatoms. The molecule has 32 heavy (non-hydrogen) atoms. The van der Waals surface area contributed by atoms with E-state index in [1.807, 2.05) is 37.3 Å². The highest BCUT2D eigenvalue weighted by Gasteiger charge is 2.10. The zero-order valence-electron chi connectivity index (χ0n) is 19.0. The van der Waals surface area contributed by atoms with Crippen LogP contribution in [-0.4, -0.2) is 64.0 Å². The molecule has 2 N–H and O–H groups in total. The third-order valence-electron chi connectivity index (χ3n) is 5.08. The minimum atomic E-state index is 0. The summed E-state index contributed by atoms with van der Waals surface area (Å²) in [5.74, 6) is 2.53. The van der Waals surface area contributed by atoms with E-state index in [9.17, 15) is 0 Å². The molecule has 1 heterocycles. The second-order valence-electron chi connectivity index (χ2n) is 7.27. The smallest absolute Gasteiger partial charge is 0.191 e. The van der Waals surface area contributed by atoms with Gasteiger partial charge < -0.3 is 24.8 Å². The number of para-hydroxylation sites is 1. The van der Waals surface area contributed by atoms with Gasteiger partial charge in [-0.05, 0) is 30.7 Å². The molecule has 7 nitrogen and oxygen atoms in total. The summed E-state index contributed by atoms with van der Waals surface area (Å²) < 4.78 is 17.0. The quantitative estimate of drug-likeness (QED) is 0.267. The number of hydrogen-bond acceptors (Lipinski definition) is 5. The lowest BCUT2D eigenvalue weighted by Gasteiger charge is -2.26. The fourth-order valence-electron chi connectivity index (χ4n) is 3.39. The maximum atomic E-state index is 5.95. The number of hydrogen-bond donors (Lipinski definition) is 2. The minimum Gasteiger partial charge on any atom is -0.494 e. The van der Waals surface area contributed by atoms with Crippen LogP contribution in [0.25, 0.3) is 0 Å². The highest BCUT2D eigenvalue weighted by atomic mass is 127. The van der Waals surface area contributed by atoms with Crippen molar-refractivity contribution in [2.75, 3.05) is 53.1 Å². The molecule has 176 valence electrons. The van der Waals surface area contributed by atoms with Crippen molar-refractivity contribution in [1.82, 2.24) is 15.5 Å². The van der Waals surface area contributed by atoms with Crippen molar-refractivity contribution in [2.45, 2.75) is 20.0 Å². The normalized spacial score (nSPS) is 14.4. The SMILES string of the molecule is CCOc1ccccc1CNC(=NC)NCc1cccc(OCCN2CCOCC2)c1.I. The Balaban J connectivity index is 0.00000363. The van der Waals surface area contributed by atoms with Gasteiger partial charge in [0, 0.05) is 45.3 Å². The first kappa shape index (κ1) is 26.2. The molecule has 1 fully saturated rings. The molecule has 0 unspecified atom stereocenters. The maximum Gasteiger partial charge on any atom is 0.191 e. The van der Waals surface area contributed by atoms with E-state index >= 15 is 0 Å². The van der Waals surface area contributed by atoms with Crippen LogP contribution >= 0.6 is 24.0 Å². The van der Waals surface area contributed by atoms with Crippen LogP contribution in [0.5, 0.6) is 11.5 Å². The van der Waals surface area contributed by atoms with Gasteiger partial charge in [0.2, 0.25) is 0 Å². The van der Waals surface area contributed by atoms with Gasteiger partial charge in [-0.25, -0.2) is 0 Å². The predicted molar refractivity (Wildman–Crippen MR) is 139 cm³/mol. The molecule has 1 aliphatic heterocycles. The molecule has 0 radical (unpaired) electrons. The Kier molecular flexibility index (Phi) is 12.2. The molecule has 0 spiro atoms. The van der Waals surface area contributed by atoms with Crippen molar-refractivity contribution in [3.05, 3.63) is 59.7 Å². The summed E-state index contributed by atoms with van der Waals surface area (Å²) >= 11 is 0. The molecular weight excluding hydrogens is 519 g/mol. The van der Waals surface area contributed by atoms with Crippen LogP contribution in [0.3, 0.4) is 0 Å². The van der Waals surface area contributed by atoms with Crippen LogP contribution in [0.15, 0.2) is 53.5 Å². The molecule has 0 amide bonds. The van der Waals surface area contributed by atoms with Gasteiger partial charge in [0.1, 0.15) is 18.1 Å². The topological polar surface area (TPSA) is 67.3 Å². The number of benzene rings is 2. The predicted octanol–water partition coefficient (Wildman–Crippen LogP) is 3.28. The van der Waals surface area contributed by atoms with Crippen molar-refractivity contribution in [3.8, 4) is 11.5 Å². The highest BCUT2D eigenvalue weighted by Crippen LogP contribution is 2.17. The molecule has 0 aromatic heterocycles. The van der Waals surface area contributed by atoms with Crippen LogP contribution in [0.4, 0.5) is 0 Å². The molecule has 0 saturated carbocycles. The Bertz CT molecular complexity index is 828. The lowest BCUT2D eigenvalue weighted by Crippen LogP contribution is -2.38. The lowest BCUT2D eigenvalue weighted by atomic mass is 10.2. The number of aliphatic imine (C=N–C) groups is 1. The Morgan fingerprint density at radius 1 is 1.03 bits per heavy atom. The highest BCUT2D eigenvalue weighted by molar-refractivity contribution is 14.0. The number of nitrogens with zero attached hydrogens (tertiary/aromatic N) is 2. The Hall–Kier alpha value is -2.04. The van der Waals surface area contributed by atoms with Gasteiger partial charge in [0.25, 0.3) is 0 Å². The summed E-state index contributed by atoms with van der Waals surface area (Å²) in [5.41, 5.74) is 2.24. The van der Waals surface area contributed by atoms with E-state index < -0.39 is 0 Å². The van der Waals surface area contributed by atoms with Crippen LogP contribution in [0.1, 0.15) is 18.1 Å². The minimum absolute atomic E-state index is 0. The number of halogens is 1. The number of morpholine rings is 1. The molecule has 1 aliphatic rings. The van der Waals surface area contributed by atoms with E-state index in [2.05, 4.69) is 38.7 Å². The van der Waals surface area contributed by atoms with Crippen molar-refractivity contribution in [1.29, 1.82) is 0 Å². The van der Waals surface area contributed by atoms with Crippen LogP contribution in [0, 0.1) is 0 Å². The van der Waals surface area contributed by atoms with Gasteiger partial charge in [0.15, 0.2) is 5.96 Å². The maximum absolute atomic E-state index is 5.95. The van der Waals surface area contributed by atoms with E-state index in [4.69, 9.17) is 14.2 Å². The van der Waals surface area contributed by atoms with Crippen LogP contribution in [0.2, 0.25) is 0 Å². The fourth-order valence-corrected chi connectivity index (χ4v) is 3.39. The van der Waals surface area contributed by atoms with Gasteiger partial charge in [-0.1, -0.05) is 30.3 Å². The van der Waals surface area contributed by atoms with E-state index in [1.54, 1.807) is 7.05 Å².